The van der Waals surface area contributed by atoms with Crippen molar-refractivity contribution in [3.8, 4) is 0 Å². The molecule has 35 heavy (non-hydrogen) atoms. The normalized spacial score (nSPS) is 34.7. The molecule has 7 atom stereocenters. The highest BCUT2D eigenvalue weighted by Crippen LogP contribution is 2.66. The molecular formula is C24H37FN4O5S. The maximum atomic E-state index is 13.3. The quantitative estimate of drug-likeness (QED) is 0.570. The number of rotatable bonds is 8. The molecule has 4 rings (SSSR count). The van der Waals surface area contributed by atoms with Crippen molar-refractivity contribution in [2.75, 3.05) is 19.5 Å². The Morgan fingerprint density at radius 3 is 2.57 bits per heavy atom. The monoisotopic (exact) mass is 512 g/mol. The predicted octanol–water partition coefficient (Wildman–Crippen LogP) is 2.86. The minimum Gasteiger partial charge on any atom is -0.453 e. The van der Waals surface area contributed by atoms with Crippen LogP contribution in [0.1, 0.15) is 59.2 Å². The van der Waals surface area contributed by atoms with E-state index in [1.807, 2.05) is 20.8 Å². The molecule has 0 radical (unpaired) electrons. The summed E-state index contributed by atoms with van der Waals surface area (Å²) in [5.74, 6) is 1.02. The summed E-state index contributed by atoms with van der Waals surface area (Å²) >= 11 is 0. The minimum atomic E-state index is -3.50. The molecule has 0 bridgehead atoms. The van der Waals surface area contributed by atoms with Crippen molar-refractivity contribution in [2.45, 2.75) is 83.0 Å². The van der Waals surface area contributed by atoms with Crippen molar-refractivity contribution in [1.29, 1.82) is 0 Å². The molecule has 0 aromatic carbocycles. The van der Waals surface area contributed by atoms with Crippen LogP contribution in [-0.2, 0) is 24.9 Å². The van der Waals surface area contributed by atoms with E-state index in [-0.39, 0.29) is 35.8 Å². The summed E-state index contributed by atoms with van der Waals surface area (Å²) in [5, 5.41) is 0. The van der Waals surface area contributed by atoms with Crippen molar-refractivity contribution in [3.05, 3.63) is 24.0 Å². The molecule has 1 amide bonds. The van der Waals surface area contributed by atoms with E-state index in [1.165, 1.54) is 19.5 Å². The summed E-state index contributed by atoms with van der Waals surface area (Å²) in [6.45, 7) is 8.01. The summed E-state index contributed by atoms with van der Waals surface area (Å²) < 4.78 is 52.8. The molecule has 1 N–H and O–H groups in total. The van der Waals surface area contributed by atoms with Gasteiger partial charge in [0.2, 0.25) is 10.0 Å². The van der Waals surface area contributed by atoms with Gasteiger partial charge in [-0.15, -0.1) is 0 Å². The number of sulfonamides is 1. The average Bonchev–Trinajstić information content (AvgIpc) is 3.25. The number of amides is 1. The van der Waals surface area contributed by atoms with Crippen LogP contribution in [-0.4, -0.2) is 73.1 Å². The van der Waals surface area contributed by atoms with Gasteiger partial charge in [-0.25, -0.2) is 32.3 Å². The molecule has 9 nitrogen and oxygen atoms in total. The standard InChI is InChI=1S/C24H37FN4O5S/c1-14(2)13-35(31,32)28-20-8-15(3)29(23(30)33-5)21(20)12-34-18-6-7-24(16(4)19(24)9-18)22-26-10-17(25)11-27-22/h10-11,14-16,18-21,28H,6-9,12-13H2,1-5H3/t15-,16?,18+,19?,20+,21+,24-/m1/s1. The fourth-order valence-electron chi connectivity index (χ4n) is 6.39. The van der Waals surface area contributed by atoms with Crippen molar-refractivity contribution in [1.82, 2.24) is 19.6 Å². The third-order valence-corrected chi connectivity index (χ3v) is 9.83. The number of halogens is 1. The van der Waals surface area contributed by atoms with Crippen LogP contribution in [0.5, 0.6) is 0 Å². The molecule has 2 aliphatic carbocycles. The lowest BCUT2D eigenvalue weighted by molar-refractivity contribution is -0.0103. The van der Waals surface area contributed by atoms with Crippen LogP contribution < -0.4 is 4.72 Å². The van der Waals surface area contributed by atoms with Crippen LogP contribution in [0.15, 0.2) is 12.4 Å². The lowest BCUT2D eigenvalue weighted by Crippen LogP contribution is -2.51. The molecule has 2 unspecified atom stereocenters. The van der Waals surface area contributed by atoms with Crippen molar-refractivity contribution >= 4 is 16.1 Å². The largest absolute Gasteiger partial charge is 0.453 e. The summed E-state index contributed by atoms with van der Waals surface area (Å²) in [7, 11) is -2.17. The van der Waals surface area contributed by atoms with E-state index in [1.54, 1.807) is 4.90 Å². The van der Waals surface area contributed by atoms with Gasteiger partial charge in [0.25, 0.3) is 0 Å². The Hall–Kier alpha value is -1.85. The van der Waals surface area contributed by atoms with Gasteiger partial charge in [-0.05, 0) is 50.4 Å². The Balaban J connectivity index is 1.42. The maximum Gasteiger partial charge on any atom is 0.410 e. The summed E-state index contributed by atoms with van der Waals surface area (Å²) in [6, 6.07) is -1.08. The van der Waals surface area contributed by atoms with Gasteiger partial charge in [0.05, 0.1) is 44.0 Å². The highest BCUT2D eigenvalue weighted by atomic mass is 32.2. The number of nitrogens with one attached hydrogen (secondary N) is 1. The van der Waals surface area contributed by atoms with E-state index in [4.69, 9.17) is 9.47 Å². The van der Waals surface area contributed by atoms with Gasteiger partial charge in [0.15, 0.2) is 5.82 Å². The third-order valence-electron chi connectivity index (χ3n) is 8.07. The summed E-state index contributed by atoms with van der Waals surface area (Å²) in [4.78, 5) is 22.7. The van der Waals surface area contributed by atoms with Crippen molar-refractivity contribution in [2.24, 2.45) is 17.8 Å². The topological polar surface area (TPSA) is 111 Å². The number of methoxy groups -OCH3 is 1. The molecule has 0 spiro atoms. The Kier molecular flexibility index (Phi) is 7.41. The molecule has 196 valence electrons. The molecule has 3 aliphatic rings. The van der Waals surface area contributed by atoms with Crippen LogP contribution in [0.25, 0.3) is 0 Å². The van der Waals surface area contributed by atoms with Gasteiger partial charge in [-0.2, -0.15) is 0 Å². The minimum absolute atomic E-state index is 0.00846. The lowest BCUT2D eigenvalue weighted by Gasteiger charge is -2.32. The highest BCUT2D eigenvalue weighted by Gasteiger charge is 2.66. The maximum absolute atomic E-state index is 13.3. The van der Waals surface area contributed by atoms with Crippen molar-refractivity contribution < 1.29 is 27.1 Å². The first-order valence-electron chi connectivity index (χ1n) is 12.4. The summed E-state index contributed by atoms with van der Waals surface area (Å²) in [6.07, 6.45) is 4.93. The molecule has 1 aliphatic heterocycles. The van der Waals surface area contributed by atoms with Crippen molar-refractivity contribution in [3.63, 3.8) is 0 Å². The van der Waals surface area contributed by atoms with Gasteiger partial charge in [0, 0.05) is 17.5 Å². The molecule has 3 fully saturated rings. The second-order valence-electron chi connectivity index (χ2n) is 10.8. The van der Waals surface area contributed by atoms with E-state index >= 15 is 0 Å². The fourth-order valence-corrected chi connectivity index (χ4v) is 8.08. The van der Waals surface area contributed by atoms with Gasteiger partial charge in [-0.3, -0.25) is 4.90 Å². The van der Waals surface area contributed by atoms with Gasteiger partial charge < -0.3 is 9.47 Å². The third kappa shape index (κ3) is 5.17. The first kappa shape index (κ1) is 26.2. The van der Waals surface area contributed by atoms with Crippen LogP contribution in [0, 0.1) is 23.6 Å². The van der Waals surface area contributed by atoms with E-state index in [0.717, 1.165) is 19.3 Å². The first-order chi connectivity index (χ1) is 16.5. The zero-order valence-corrected chi connectivity index (χ0v) is 21.9. The molecule has 1 saturated heterocycles. The van der Waals surface area contributed by atoms with E-state index in [2.05, 4.69) is 21.6 Å². The molecular weight excluding hydrogens is 475 g/mol. The Bertz CT molecular complexity index is 1020. The van der Waals surface area contributed by atoms with Crippen LogP contribution in [0.3, 0.4) is 0 Å². The Morgan fingerprint density at radius 2 is 1.97 bits per heavy atom. The van der Waals surface area contributed by atoms with Gasteiger partial charge in [-0.1, -0.05) is 20.8 Å². The summed E-state index contributed by atoms with van der Waals surface area (Å²) in [5.41, 5.74) is -0.123. The fraction of sp³-hybridized carbons (Fsp3) is 0.792. The van der Waals surface area contributed by atoms with Gasteiger partial charge >= 0.3 is 6.09 Å². The zero-order valence-electron chi connectivity index (χ0n) is 21.1. The second kappa shape index (κ2) is 9.89. The number of carbonyl (C=O) groups excluding carboxylic acids is 1. The predicted molar refractivity (Wildman–Crippen MR) is 128 cm³/mol. The van der Waals surface area contributed by atoms with Crippen LogP contribution in [0.4, 0.5) is 9.18 Å². The number of hydrogen-bond donors (Lipinski definition) is 1. The Labute approximate surface area is 207 Å². The molecule has 11 heteroatoms. The van der Waals surface area contributed by atoms with E-state index in [0.29, 0.717) is 24.1 Å². The Morgan fingerprint density at radius 1 is 1.29 bits per heavy atom. The van der Waals surface area contributed by atoms with Crippen LogP contribution in [0.2, 0.25) is 0 Å². The first-order valence-corrected chi connectivity index (χ1v) is 14.1. The highest BCUT2D eigenvalue weighted by molar-refractivity contribution is 7.89. The number of fused-ring (bicyclic) bond motifs is 1. The number of nitrogens with zero attached hydrogens (tertiary/aromatic N) is 3. The second-order valence-corrected chi connectivity index (χ2v) is 12.6. The molecule has 2 saturated carbocycles. The number of aromatic nitrogens is 2. The zero-order chi connectivity index (χ0) is 25.5. The number of likely N-dealkylation sites (tertiary alicyclic amines) is 1. The molecule has 2 heterocycles. The smallest absolute Gasteiger partial charge is 0.410 e. The van der Waals surface area contributed by atoms with Gasteiger partial charge in [0.1, 0.15) is 5.82 Å². The number of hydrogen-bond acceptors (Lipinski definition) is 7. The number of carbonyl (C=O) groups is 1. The number of ether oxygens (including phenoxy) is 2. The van der Waals surface area contributed by atoms with Crippen LogP contribution >= 0.6 is 0 Å². The average molecular weight is 513 g/mol. The molecule has 1 aromatic rings. The lowest BCUT2D eigenvalue weighted by atomic mass is 9.85. The SMILES string of the molecule is COC(=O)N1[C@H](C)C[C@H](NS(=O)(=O)CC(C)C)[C@@H]1CO[C@H]1CC[C@@]2(c3ncc(F)cn3)C(C)C2C1. The molecule has 1 aromatic heterocycles. The van der Waals surface area contributed by atoms with E-state index < -0.39 is 34.0 Å². The van der Waals surface area contributed by atoms with E-state index in [9.17, 15) is 17.6 Å².